The van der Waals surface area contributed by atoms with Gasteiger partial charge < -0.3 is 4.74 Å². The average Bonchev–Trinajstić information content (AvgIpc) is 2.23. The highest BCUT2D eigenvalue weighted by Gasteiger charge is 2.74. The highest BCUT2D eigenvalue weighted by atomic mass is 16.5. The molecule has 0 aromatic rings. The molecule has 0 spiro atoms. The predicted octanol–water partition coefficient (Wildman–Crippen LogP) is 2.11. The van der Waals surface area contributed by atoms with Gasteiger partial charge in [-0.2, -0.15) is 0 Å². The molecule has 92 valence electrons. The van der Waals surface area contributed by atoms with E-state index in [1.54, 1.807) is 0 Å². The fraction of sp³-hybridized carbons (Fsp3) is 0.714. The van der Waals surface area contributed by atoms with Gasteiger partial charge in [-0.1, -0.05) is 6.92 Å². The van der Waals surface area contributed by atoms with Crippen molar-refractivity contribution in [2.24, 2.45) is 22.7 Å². The van der Waals surface area contributed by atoms with Gasteiger partial charge in [0.1, 0.15) is 6.61 Å². The Morgan fingerprint density at radius 3 is 2.53 bits per heavy atom. The minimum absolute atomic E-state index is 0.167. The Bertz CT molecular complexity index is 466. The first kappa shape index (κ1) is 11.0. The van der Waals surface area contributed by atoms with Gasteiger partial charge in [0.15, 0.2) is 5.78 Å². The first-order valence-corrected chi connectivity index (χ1v) is 6.23. The summed E-state index contributed by atoms with van der Waals surface area (Å²) >= 11 is 0. The van der Waals surface area contributed by atoms with Gasteiger partial charge in [-0.05, 0) is 38.7 Å². The van der Waals surface area contributed by atoms with Gasteiger partial charge >= 0.3 is 5.97 Å². The van der Waals surface area contributed by atoms with Crippen molar-refractivity contribution in [2.45, 2.75) is 34.1 Å². The summed E-state index contributed by atoms with van der Waals surface area (Å²) in [6.07, 6.45) is 0.973. The summed E-state index contributed by atoms with van der Waals surface area (Å²) in [6.45, 7) is 8.01. The maximum Gasteiger partial charge on any atom is 0.311 e. The molecule has 0 aromatic carbocycles. The Morgan fingerprint density at radius 2 is 2.06 bits per heavy atom. The standard InChI is InChI=1S/C14H18O3/c1-13(2,3)12(16)17-6-7-8-5-9-11(15)10(7)14(8,9)4/h8-9H,5-6H2,1-4H3/t8-,9+,14?/m1/s1. The third-order valence-electron chi connectivity index (χ3n) is 4.73. The van der Waals surface area contributed by atoms with E-state index in [0.717, 1.165) is 17.6 Å². The molecule has 2 saturated carbocycles. The van der Waals surface area contributed by atoms with Crippen LogP contribution in [0.1, 0.15) is 34.1 Å². The van der Waals surface area contributed by atoms with Crippen molar-refractivity contribution >= 4 is 11.8 Å². The first-order chi connectivity index (χ1) is 7.78. The molecule has 0 aliphatic heterocycles. The largest absolute Gasteiger partial charge is 0.461 e. The summed E-state index contributed by atoms with van der Waals surface area (Å²) in [5.41, 5.74) is 1.77. The molecule has 1 unspecified atom stereocenters. The van der Waals surface area contributed by atoms with Crippen molar-refractivity contribution in [3.63, 3.8) is 0 Å². The molecule has 3 atom stereocenters. The van der Waals surface area contributed by atoms with Gasteiger partial charge in [0, 0.05) is 16.9 Å². The minimum Gasteiger partial charge on any atom is -0.461 e. The number of esters is 1. The zero-order chi connectivity index (χ0) is 12.6. The maximum absolute atomic E-state index is 11.7. The van der Waals surface area contributed by atoms with Crippen LogP contribution in [0.25, 0.3) is 0 Å². The lowest BCUT2D eigenvalue weighted by Crippen LogP contribution is -2.70. The smallest absolute Gasteiger partial charge is 0.311 e. The fourth-order valence-electron chi connectivity index (χ4n) is 3.53. The first-order valence-electron chi connectivity index (χ1n) is 6.23. The van der Waals surface area contributed by atoms with Crippen molar-refractivity contribution in [2.75, 3.05) is 6.61 Å². The Hall–Kier alpha value is -1.12. The second kappa shape index (κ2) is 2.82. The summed E-state index contributed by atoms with van der Waals surface area (Å²) in [7, 11) is 0. The molecule has 0 N–H and O–H groups in total. The summed E-state index contributed by atoms with van der Waals surface area (Å²) in [4.78, 5) is 23.4. The van der Waals surface area contributed by atoms with Crippen molar-refractivity contribution in [1.29, 1.82) is 0 Å². The van der Waals surface area contributed by atoms with Gasteiger partial charge in [-0.3, -0.25) is 9.59 Å². The Morgan fingerprint density at radius 1 is 1.41 bits per heavy atom. The molecule has 3 aliphatic carbocycles. The second-order valence-corrected chi connectivity index (χ2v) is 6.71. The van der Waals surface area contributed by atoms with E-state index in [1.807, 2.05) is 20.8 Å². The predicted molar refractivity (Wildman–Crippen MR) is 62.2 cm³/mol. The van der Waals surface area contributed by atoms with Gasteiger partial charge in [-0.25, -0.2) is 0 Å². The molecule has 0 amide bonds. The lowest BCUT2D eigenvalue weighted by Gasteiger charge is -2.70. The monoisotopic (exact) mass is 234 g/mol. The molecule has 2 fully saturated rings. The molecule has 3 nitrogen and oxygen atoms in total. The zero-order valence-corrected chi connectivity index (χ0v) is 10.8. The quantitative estimate of drug-likeness (QED) is 0.687. The topological polar surface area (TPSA) is 43.4 Å². The molecular formula is C14H18O3. The van der Waals surface area contributed by atoms with E-state index in [-0.39, 0.29) is 17.3 Å². The number of carbonyl (C=O) groups excluding carboxylic acids is 2. The molecule has 0 saturated heterocycles. The SMILES string of the molecule is CC(C)(C)C(=O)OCC1=C2C(=O)[C@@H]3C[C@H]1C23C. The molecule has 3 aliphatic rings. The second-order valence-electron chi connectivity index (χ2n) is 6.71. The zero-order valence-electron chi connectivity index (χ0n) is 10.8. The van der Waals surface area contributed by atoms with E-state index in [9.17, 15) is 9.59 Å². The van der Waals surface area contributed by atoms with E-state index in [2.05, 4.69) is 6.92 Å². The van der Waals surface area contributed by atoms with Gasteiger partial charge in [-0.15, -0.1) is 0 Å². The van der Waals surface area contributed by atoms with Gasteiger partial charge in [0.25, 0.3) is 0 Å². The summed E-state index contributed by atoms with van der Waals surface area (Å²) in [6, 6.07) is 0. The Kier molecular flexibility index (Phi) is 1.82. The van der Waals surface area contributed by atoms with E-state index >= 15 is 0 Å². The minimum atomic E-state index is -0.468. The third-order valence-corrected chi connectivity index (χ3v) is 4.73. The van der Waals surface area contributed by atoms with Crippen LogP contribution in [-0.2, 0) is 14.3 Å². The molecule has 0 radical (unpaired) electrons. The lowest BCUT2D eigenvalue weighted by atomic mass is 9.31. The number of rotatable bonds is 2. The molecule has 17 heavy (non-hydrogen) atoms. The van der Waals surface area contributed by atoms with E-state index < -0.39 is 5.41 Å². The molecule has 3 heteroatoms. The number of ether oxygens (including phenoxy) is 1. The van der Waals surface area contributed by atoms with Crippen molar-refractivity contribution < 1.29 is 14.3 Å². The van der Waals surface area contributed by atoms with Crippen molar-refractivity contribution in [3.8, 4) is 0 Å². The number of allylic oxidation sites excluding steroid dienone is 1. The van der Waals surface area contributed by atoms with Crippen LogP contribution in [0, 0.1) is 22.7 Å². The van der Waals surface area contributed by atoms with E-state index in [0.29, 0.717) is 18.3 Å². The van der Waals surface area contributed by atoms with Crippen molar-refractivity contribution in [1.82, 2.24) is 0 Å². The van der Waals surface area contributed by atoms with Crippen LogP contribution in [0.4, 0.5) is 0 Å². The van der Waals surface area contributed by atoms with Crippen LogP contribution < -0.4 is 0 Å². The molecule has 0 aromatic heterocycles. The number of ketones is 1. The average molecular weight is 234 g/mol. The third kappa shape index (κ3) is 1.08. The number of hydrogen-bond acceptors (Lipinski definition) is 3. The van der Waals surface area contributed by atoms with Gasteiger partial charge in [0.05, 0.1) is 5.41 Å². The Balaban J connectivity index is 1.69. The van der Waals surface area contributed by atoms with Crippen LogP contribution >= 0.6 is 0 Å². The molecular weight excluding hydrogens is 216 g/mol. The van der Waals surface area contributed by atoms with Crippen LogP contribution in [0.15, 0.2) is 11.1 Å². The van der Waals surface area contributed by atoms with E-state index in [4.69, 9.17) is 4.74 Å². The molecule has 0 heterocycles. The normalized spacial score (nSPS) is 37.8. The van der Waals surface area contributed by atoms with Gasteiger partial charge in [0.2, 0.25) is 0 Å². The molecule has 3 rings (SSSR count). The molecule has 0 bridgehead atoms. The summed E-state index contributed by atoms with van der Waals surface area (Å²) < 4.78 is 5.30. The van der Waals surface area contributed by atoms with Crippen molar-refractivity contribution in [3.05, 3.63) is 11.1 Å². The number of hydrogen-bond donors (Lipinski definition) is 0. The number of carbonyl (C=O) groups is 2. The highest BCUT2D eigenvalue weighted by Crippen LogP contribution is 2.75. The number of Topliss-reactive ketones (excluding diaryl/α,β-unsaturated/α-hetero) is 1. The van der Waals surface area contributed by atoms with Crippen LogP contribution in [0.2, 0.25) is 0 Å². The summed E-state index contributed by atoms with van der Waals surface area (Å²) in [5, 5.41) is 0. The highest BCUT2D eigenvalue weighted by molar-refractivity contribution is 6.12. The Labute approximate surface area is 101 Å². The van der Waals surface area contributed by atoms with E-state index in [1.165, 1.54) is 0 Å². The van der Waals surface area contributed by atoms with Crippen LogP contribution in [0.3, 0.4) is 0 Å². The summed E-state index contributed by atoms with van der Waals surface area (Å²) in [5.74, 6) is 0.899. The fourth-order valence-corrected chi connectivity index (χ4v) is 3.53. The van der Waals surface area contributed by atoms with Crippen LogP contribution in [0.5, 0.6) is 0 Å². The lowest BCUT2D eigenvalue weighted by molar-refractivity contribution is -0.163. The maximum atomic E-state index is 11.7. The van der Waals surface area contributed by atoms with Crippen LogP contribution in [-0.4, -0.2) is 18.4 Å².